The number of anilines is 1. The van der Waals surface area contributed by atoms with Gasteiger partial charge in [0.1, 0.15) is 0 Å². The Morgan fingerprint density at radius 3 is 2.64 bits per heavy atom. The van der Waals surface area contributed by atoms with Crippen molar-refractivity contribution in [1.82, 2.24) is 9.29 Å². The molecule has 6 heteroatoms. The van der Waals surface area contributed by atoms with Gasteiger partial charge in [-0.05, 0) is 41.8 Å². The summed E-state index contributed by atoms with van der Waals surface area (Å²) in [5.74, 6) is 0. The summed E-state index contributed by atoms with van der Waals surface area (Å²) < 4.78 is 27.1. The SMILES string of the molecule is CCN(CC)S(=O)(=O)c1ccc2c(c1)CCN2Cc1cccc2cccnc12. The minimum absolute atomic E-state index is 0.392. The molecule has 2 aromatic carbocycles. The highest BCUT2D eigenvalue weighted by molar-refractivity contribution is 7.89. The van der Waals surface area contributed by atoms with Gasteiger partial charge in [-0.1, -0.05) is 38.1 Å². The molecular formula is C22H25N3O2S. The second-order valence-corrected chi connectivity index (χ2v) is 8.98. The average molecular weight is 396 g/mol. The van der Waals surface area contributed by atoms with E-state index in [-0.39, 0.29) is 0 Å². The van der Waals surface area contributed by atoms with E-state index in [1.807, 2.05) is 38.2 Å². The molecule has 5 nitrogen and oxygen atoms in total. The van der Waals surface area contributed by atoms with Crippen LogP contribution in [0.3, 0.4) is 0 Å². The molecule has 0 aliphatic carbocycles. The first-order valence-corrected chi connectivity index (χ1v) is 11.2. The van der Waals surface area contributed by atoms with Crippen molar-refractivity contribution >= 4 is 26.6 Å². The minimum atomic E-state index is -3.42. The van der Waals surface area contributed by atoms with Crippen molar-refractivity contribution in [2.45, 2.75) is 31.7 Å². The molecule has 1 aromatic heterocycles. The van der Waals surface area contributed by atoms with Crippen LogP contribution in [0.4, 0.5) is 5.69 Å². The summed E-state index contributed by atoms with van der Waals surface area (Å²) >= 11 is 0. The van der Waals surface area contributed by atoms with Gasteiger partial charge < -0.3 is 4.90 Å². The number of aromatic nitrogens is 1. The van der Waals surface area contributed by atoms with E-state index in [9.17, 15) is 8.42 Å². The Hall–Kier alpha value is -2.44. The van der Waals surface area contributed by atoms with Crippen LogP contribution in [0.25, 0.3) is 10.9 Å². The highest BCUT2D eigenvalue weighted by atomic mass is 32.2. The molecule has 146 valence electrons. The molecule has 0 radical (unpaired) electrons. The van der Waals surface area contributed by atoms with Gasteiger partial charge in [0, 0.05) is 43.4 Å². The molecule has 1 aliphatic rings. The Morgan fingerprint density at radius 1 is 1.07 bits per heavy atom. The van der Waals surface area contributed by atoms with Crippen LogP contribution >= 0.6 is 0 Å². The molecule has 3 aromatic rings. The van der Waals surface area contributed by atoms with Gasteiger partial charge in [0.25, 0.3) is 0 Å². The molecule has 0 spiro atoms. The van der Waals surface area contributed by atoms with Crippen LogP contribution < -0.4 is 4.90 Å². The average Bonchev–Trinajstić information content (AvgIpc) is 3.11. The fraction of sp³-hybridized carbons (Fsp3) is 0.318. The predicted molar refractivity (Wildman–Crippen MR) is 113 cm³/mol. The number of fused-ring (bicyclic) bond motifs is 2. The molecule has 0 fully saturated rings. The van der Waals surface area contributed by atoms with Gasteiger partial charge in [-0.15, -0.1) is 0 Å². The van der Waals surface area contributed by atoms with E-state index in [0.29, 0.717) is 18.0 Å². The monoisotopic (exact) mass is 395 g/mol. The van der Waals surface area contributed by atoms with Gasteiger partial charge in [-0.2, -0.15) is 4.31 Å². The van der Waals surface area contributed by atoms with Crippen molar-refractivity contribution < 1.29 is 8.42 Å². The van der Waals surface area contributed by atoms with Crippen molar-refractivity contribution in [3.8, 4) is 0 Å². The van der Waals surface area contributed by atoms with Crippen LogP contribution in [-0.4, -0.2) is 37.3 Å². The van der Waals surface area contributed by atoms with Gasteiger partial charge in [0.2, 0.25) is 10.0 Å². The van der Waals surface area contributed by atoms with Crippen molar-refractivity contribution in [3.63, 3.8) is 0 Å². The van der Waals surface area contributed by atoms with Gasteiger partial charge in [0.05, 0.1) is 10.4 Å². The lowest BCUT2D eigenvalue weighted by atomic mass is 10.1. The number of sulfonamides is 1. The molecule has 4 rings (SSSR count). The third kappa shape index (κ3) is 3.27. The summed E-state index contributed by atoms with van der Waals surface area (Å²) in [6, 6.07) is 15.8. The topological polar surface area (TPSA) is 53.5 Å². The molecule has 1 aliphatic heterocycles. The maximum atomic E-state index is 12.8. The van der Waals surface area contributed by atoms with E-state index < -0.39 is 10.0 Å². The van der Waals surface area contributed by atoms with Crippen molar-refractivity contribution in [1.29, 1.82) is 0 Å². The standard InChI is InChI=1S/C22H25N3O2S/c1-3-25(4-2)28(26,27)20-10-11-21-18(15-20)12-14-24(21)16-19-8-5-7-17-9-6-13-23-22(17)19/h5-11,13,15H,3-4,12,14,16H2,1-2H3. The first-order chi connectivity index (χ1) is 13.5. The van der Waals surface area contributed by atoms with E-state index in [4.69, 9.17) is 0 Å². The maximum absolute atomic E-state index is 12.8. The lowest BCUT2D eigenvalue weighted by Gasteiger charge is -2.21. The third-order valence-corrected chi connectivity index (χ3v) is 7.51. The van der Waals surface area contributed by atoms with E-state index in [0.717, 1.165) is 41.7 Å². The summed E-state index contributed by atoms with van der Waals surface area (Å²) in [4.78, 5) is 7.26. The second kappa shape index (κ2) is 7.53. The molecule has 0 unspecified atom stereocenters. The number of rotatable bonds is 6. The van der Waals surface area contributed by atoms with E-state index in [2.05, 4.69) is 34.1 Å². The molecule has 0 saturated carbocycles. The lowest BCUT2D eigenvalue weighted by molar-refractivity contribution is 0.445. The van der Waals surface area contributed by atoms with Gasteiger partial charge in [-0.3, -0.25) is 4.98 Å². The van der Waals surface area contributed by atoms with Crippen LogP contribution in [0.5, 0.6) is 0 Å². The van der Waals surface area contributed by atoms with Crippen molar-refractivity contribution in [2.75, 3.05) is 24.5 Å². The number of hydrogen-bond donors (Lipinski definition) is 0. The summed E-state index contributed by atoms with van der Waals surface area (Å²) in [6.45, 7) is 6.35. The summed E-state index contributed by atoms with van der Waals surface area (Å²) in [5, 5.41) is 1.14. The number of nitrogens with zero attached hydrogens (tertiary/aromatic N) is 3. The van der Waals surface area contributed by atoms with E-state index in [1.54, 1.807) is 6.07 Å². The maximum Gasteiger partial charge on any atom is 0.243 e. The zero-order chi connectivity index (χ0) is 19.7. The third-order valence-electron chi connectivity index (χ3n) is 5.46. The molecule has 0 N–H and O–H groups in total. The number of benzene rings is 2. The van der Waals surface area contributed by atoms with Crippen LogP contribution in [0, 0.1) is 0 Å². The van der Waals surface area contributed by atoms with Crippen LogP contribution in [0.15, 0.2) is 59.6 Å². The Balaban J connectivity index is 1.64. The van der Waals surface area contributed by atoms with Gasteiger partial charge in [-0.25, -0.2) is 8.42 Å². The highest BCUT2D eigenvalue weighted by Crippen LogP contribution is 2.33. The molecule has 0 saturated heterocycles. The largest absolute Gasteiger partial charge is 0.367 e. The van der Waals surface area contributed by atoms with Gasteiger partial charge in [0.15, 0.2) is 0 Å². The quantitative estimate of drug-likeness (QED) is 0.637. The lowest BCUT2D eigenvalue weighted by Crippen LogP contribution is -2.30. The van der Waals surface area contributed by atoms with Crippen LogP contribution in [0.1, 0.15) is 25.0 Å². The molecule has 28 heavy (non-hydrogen) atoms. The summed E-state index contributed by atoms with van der Waals surface area (Å²) in [6.07, 6.45) is 2.68. The van der Waals surface area contributed by atoms with Crippen molar-refractivity contribution in [2.24, 2.45) is 0 Å². The molecule has 0 atom stereocenters. The summed E-state index contributed by atoms with van der Waals surface area (Å²) in [7, 11) is -3.42. The summed E-state index contributed by atoms with van der Waals surface area (Å²) in [5.41, 5.74) is 4.43. The number of para-hydroxylation sites is 1. The zero-order valence-electron chi connectivity index (χ0n) is 16.3. The Morgan fingerprint density at radius 2 is 1.86 bits per heavy atom. The molecular weight excluding hydrogens is 370 g/mol. The first-order valence-electron chi connectivity index (χ1n) is 9.75. The highest BCUT2D eigenvalue weighted by Gasteiger charge is 2.26. The van der Waals surface area contributed by atoms with Crippen molar-refractivity contribution in [3.05, 3.63) is 65.9 Å². The molecule has 0 amide bonds. The second-order valence-electron chi connectivity index (χ2n) is 7.04. The fourth-order valence-electron chi connectivity index (χ4n) is 3.98. The predicted octanol–water partition coefficient (Wildman–Crippen LogP) is 3.83. The Bertz CT molecular complexity index is 1100. The smallest absolute Gasteiger partial charge is 0.243 e. The Kier molecular flexibility index (Phi) is 5.08. The minimum Gasteiger partial charge on any atom is -0.367 e. The fourth-order valence-corrected chi connectivity index (χ4v) is 5.49. The molecule has 0 bridgehead atoms. The number of pyridine rings is 1. The van der Waals surface area contributed by atoms with Crippen LogP contribution in [0.2, 0.25) is 0 Å². The van der Waals surface area contributed by atoms with E-state index >= 15 is 0 Å². The van der Waals surface area contributed by atoms with E-state index in [1.165, 1.54) is 9.87 Å². The normalized spacial score (nSPS) is 14.0. The number of hydrogen-bond acceptors (Lipinski definition) is 4. The van der Waals surface area contributed by atoms with Crippen LogP contribution in [-0.2, 0) is 23.0 Å². The Labute approximate surface area is 166 Å². The van der Waals surface area contributed by atoms with Gasteiger partial charge >= 0.3 is 0 Å². The molecule has 2 heterocycles. The first kappa shape index (κ1) is 18.9. The zero-order valence-corrected chi connectivity index (χ0v) is 17.1.